The number of hydrogen-bond acceptors (Lipinski definition) is 3. The van der Waals surface area contributed by atoms with Crippen LogP contribution in [0, 0.1) is 12.8 Å². The van der Waals surface area contributed by atoms with Gasteiger partial charge in [0.15, 0.2) is 0 Å². The molecule has 1 fully saturated rings. The molecule has 0 spiro atoms. The molecule has 0 atom stereocenters. The Hall–Kier alpha value is -1.20. The Morgan fingerprint density at radius 3 is 2.41 bits per heavy atom. The van der Waals surface area contributed by atoms with Crippen molar-refractivity contribution in [3.8, 4) is 0 Å². The van der Waals surface area contributed by atoms with Gasteiger partial charge in [-0.25, -0.2) is 0 Å². The number of halogens is 2. The minimum absolute atomic E-state index is 0.132. The Kier molecular flexibility index (Phi) is 8.73. The molecule has 0 radical (unpaired) electrons. The third-order valence-electron chi connectivity index (χ3n) is 5.34. The second kappa shape index (κ2) is 11.3. The topological polar surface area (TPSA) is 32.3 Å². The van der Waals surface area contributed by atoms with Crippen LogP contribution in [0.1, 0.15) is 29.5 Å². The van der Waals surface area contributed by atoms with Crippen molar-refractivity contribution in [2.75, 3.05) is 25.4 Å². The Balaban J connectivity index is 1.32. The van der Waals surface area contributed by atoms with Crippen LogP contribution in [0.4, 0.5) is 0 Å². The average Bonchev–Trinajstić information content (AvgIpc) is 2.72. The van der Waals surface area contributed by atoms with Crippen molar-refractivity contribution >= 4 is 40.9 Å². The Morgan fingerprint density at radius 2 is 1.76 bits per heavy atom. The molecule has 0 saturated carbocycles. The lowest BCUT2D eigenvalue weighted by Crippen LogP contribution is -2.40. The van der Waals surface area contributed by atoms with Gasteiger partial charge in [-0.3, -0.25) is 9.69 Å². The molecule has 156 valence electrons. The van der Waals surface area contributed by atoms with Crippen LogP contribution in [0.25, 0.3) is 0 Å². The first kappa shape index (κ1) is 22.5. The van der Waals surface area contributed by atoms with E-state index >= 15 is 0 Å². The highest BCUT2D eigenvalue weighted by molar-refractivity contribution is 7.98. The van der Waals surface area contributed by atoms with Gasteiger partial charge in [-0.15, -0.1) is 0 Å². The summed E-state index contributed by atoms with van der Waals surface area (Å²) in [7, 11) is 0. The van der Waals surface area contributed by atoms with Gasteiger partial charge in [0, 0.05) is 40.6 Å². The van der Waals surface area contributed by atoms with Crippen LogP contribution in [0.3, 0.4) is 0 Å². The molecule has 1 heterocycles. The lowest BCUT2D eigenvalue weighted by Gasteiger charge is -2.31. The van der Waals surface area contributed by atoms with Crippen LogP contribution < -0.4 is 5.32 Å². The number of amides is 1. The quantitative estimate of drug-likeness (QED) is 0.533. The van der Waals surface area contributed by atoms with Gasteiger partial charge in [-0.05, 0) is 56.1 Å². The molecule has 0 bridgehead atoms. The SMILES string of the molecule is Cc1ccc(CN2CCC(C(=O)NCCSCc3c(Cl)cccc3Cl)CC2)cc1. The molecule has 1 aliphatic rings. The first-order valence-electron chi connectivity index (χ1n) is 10.1. The smallest absolute Gasteiger partial charge is 0.223 e. The lowest BCUT2D eigenvalue weighted by atomic mass is 9.95. The van der Waals surface area contributed by atoms with Gasteiger partial charge in [0.2, 0.25) is 5.91 Å². The number of rotatable bonds is 8. The fourth-order valence-electron chi connectivity index (χ4n) is 3.54. The van der Waals surface area contributed by atoms with Gasteiger partial charge in [0.1, 0.15) is 0 Å². The van der Waals surface area contributed by atoms with E-state index in [1.54, 1.807) is 11.8 Å². The largest absolute Gasteiger partial charge is 0.355 e. The zero-order valence-corrected chi connectivity index (χ0v) is 19.1. The normalized spacial score (nSPS) is 15.4. The van der Waals surface area contributed by atoms with E-state index in [0.29, 0.717) is 16.6 Å². The van der Waals surface area contributed by atoms with Gasteiger partial charge in [-0.1, -0.05) is 59.1 Å². The number of aryl methyl sites for hydroxylation is 1. The van der Waals surface area contributed by atoms with Crippen molar-refractivity contribution < 1.29 is 4.79 Å². The third-order valence-corrected chi connectivity index (χ3v) is 7.03. The molecular weight excluding hydrogens is 423 g/mol. The van der Waals surface area contributed by atoms with Crippen LogP contribution in [-0.4, -0.2) is 36.2 Å². The number of nitrogens with one attached hydrogen (secondary N) is 1. The number of nitrogens with zero attached hydrogens (tertiary/aromatic N) is 1. The van der Waals surface area contributed by atoms with E-state index < -0.39 is 0 Å². The number of carbonyl (C=O) groups excluding carboxylic acids is 1. The number of hydrogen-bond donors (Lipinski definition) is 1. The van der Waals surface area contributed by atoms with Crippen molar-refractivity contribution in [2.45, 2.75) is 32.1 Å². The van der Waals surface area contributed by atoms with Crippen molar-refractivity contribution in [1.29, 1.82) is 0 Å². The van der Waals surface area contributed by atoms with Crippen molar-refractivity contribution in [1.82, 2.24) is 10.2 Å². The predicted octanol–water partition coefficient (Wildman–Crippen LogP) is 5.56. The van der Waals surface area contributed by atoms with E-state index in [1.807, 2.05) is 18.2 Å². The summed E-state index contributed by atoms with van der Waals surface area (Å²) in [5, 5.41) is 4.50. The van der Waals surface area contributed by atoms with E-state index in [4.69, 9.17) is 23.2 Å². The monoisotopic (exact) mass is 450 g/mol. The lowest BCUT2D eigenvalue weighted by molar-refractivity contribution is -0.126. The van der Waals surface area contributed by atoms with Gasteiger partial charge in [0.25, 0.3) is 0 Å². The minimum atomic E-state index is 0.132. The molecular formula is C23H28Cl2N2OS. The second-order valence-corrected chi connectivity index (χ2v) is 9.50. The molecule has 0 aromatic heterocycles. The summed E-state index contributed by atoms with van der Waals surface area (Å²) >= 11 is 14.1. The summed E-state index contributed by atoms with van der Waals surface area (Å²) in [6.07, 6.45) is 1.86. The molecule has 29 heavy (non-hydrogen) atoms. The molecule has 1 amide bonds. The van der Waals surface area contributed by atoms with Crippen LogP contribution >= 0.6 is 35.0 Å². The fourth-order valence-corrected chi connectivity index (χ4v) is 5.14. The molecule has 0 unspecified atom stereocenters. The number of benzene rings is 2. The first-order chi connectivity index (χ1) is 14.0. The summed E-state index contributed by atoms with van der Waals surface area (Å²) in [6, 6.07) is 14.3. The molecule has 2 aromatic carbocycles. The van der Waals surface area contributed by atoms with Crippen LogP contribution in [0.2, 0.25) is 10.0 Å². The fraction of sp³-hybridized carbons (Fsp3) is 0.435. The maximum absolute atomic E-state index is 12.5. The summed E-state index contributed by atoms with van der Waals surface area (Å²) in [4.78, 5) is 14.9. The number of likely N-dealkylation sites (tertiary alicyclic amines) is 1. The first-order valence-corrected chi connectivity index (χ1v) is 12.0. The van der Waals surface area contributed by atoms with Crippen LogP contribution in [-0.2, 0) is 17.1 Å². The predicted molar refractivity (Wildman–Crippen MR) is 125 cm³/mol. The average molecular weight is 451 g/mol. The van der Waals surface area contributed by atoms with Crippen molar-refractivity contribution in [2.24, 2.45) is 5.92 Å². The van der Waals surface area contributed by atoms with Crippen molar-refractivity contribution in [3.63, 3.8) is 0 Å². The molecule has 2 aromatic rings. The highest BCUT2D eigenvalue weighted by Crippen LogP contribution is 2.28. The van der Waals surface area contributed by atoms with Gasteiger partial charge in [0.05, 0.1) is 0 Å². The maximum atomic E-state index is 12.5. The molecule has 1 N–H and O–H groups in total. The van der Waals surface area contributed by atoms with Gasteiger partial charge in [-0.2, -0.15) is 11.8 Å². The summed E-state index contributed by atoms with van der Waals surface area (Å²) < 4.78 is 0. The molecule has 0 aliphatic carbocycles. The van der Waals surface area contributed by atoms with Gasteiger partial charge < -0.3 is 5.32 Å². The van der Waals surface area contributed by atoms with E-state index in [0.717, 1.165) is 49.5 Å². The van der Waals surface area contributed by atoms with Crippen LogP contribution in [0.5, 0.6) is 0 Å². The summed E-state index contributed by atoms with van der Waals surface area (Å²) in [5.41, 5.74) is 3.60. The van der Waals surface area contributed by atoms with E-state index in [9.17, 15) is 4.79 Å². The van der Waals surface area contributed by atoms with E-state index in [2.05, 4.69) is 41.4 Å². The summed E-state index contributed by atoms with van der Waals surface area (Å²) in [6.45, 7) is 5.71. The standard InChI is InChI=1S/C23H28Cl2N2OS/c1-17-5-7-18(8-6-17)15-27-12-9-19(10-13-27)23(28)26-11-14-29-16-20-21(24)3-2-4-22(20)25/h2-8,19H,9-16H2,1H3,(H,26,28). The zero-order chi connectivity index (χ0) is 20.6. The molecule has 6 heteroatoms. The Morgan fingerprint density at radius 1 is 1.10 bits per heavy atom. The molecule has 1 aliphatic heterocycles. The van der Waals surface area contributed by atoms with Crippen LogP contribution in [0.15, 0.2) is 42.5 Å². The maximum Gasteiger partial charge on any atom is 0.223 e. The number of piperidine rings is 1. The number of carbonyl (C=O) groups is 1. The minimum Gasteiger partial charge on any atom is -0.355 e. The van der Waals surface area contributed by atoms with E-state index in [-0.39, 0.29) is 11.8 Å². The summed E-state index contributed by atoms with van der Waals surface area (Å²) in [5.74, 6) is 1.93. The highest BCUT2D eigenvalue weighted by Gasteiger charge is 2.24. The molecule has 1 saturated heterocycles. The zero-order valence-electron chi connectivity index (χ0n) is 16.8. The number of thioether (sulfide) groups is 1. The molecule has 3 rings (SSSR count). The second-order valence-electron chi connectivity index (χ2n) is 7.58. The Bertz CT molecular complexity index is 785. The van der Waals surface area contributed by atoms with Crippen molar-refractivity contribution in [3.05, 3.63) is 69.2 Å². The third kappa shape index (κ3) is 6.92. The van der Waals surface area contributed by atoms with E-state index in [1.165, 1.54) is 11.1 Å². The van der Waals surface area contributed by atoms with Gasteiger partial charge >= 0.3 is 0 Å². The Labute approximate surface area is 188 Å². The molecule has 3 nitrogen and oxygen atoms in total. The highest BCUT2D eigenvalue weighted by atomic mass is 35.5.